The van der Waals surface area contributed by atoms with Crippen molar-refractivity contribution in [1.29, 1.82) is 0 Å². The van der Waals surface area contributed by atoms with Crippen molar-refractivity contribution in [3.63, 3.8) is 0 Å². The van der Waals surface area contributed by atoms with E-state index in [0.717, 1.165) is 18.1 Å². The molecule has 112 valence electrons. The summed E-state index contributed by atoms with van der Waals surface area (Å²) in [6.45, 7) is 2.55. The summed E-state index contributed by atoms with van der Waals surface area (Å²) in [5.41, 5.74) is 1.25. The van der Waals surface area contributed by atoms with Crippen molar-refractivity contribution in [3.05, 3.63) is 47.8 Å². The zero-order chi connectivity index (χ0) is 15.1. The van der Waals surface area contributed by atoms with Crippen LogP contribution < -0.4 is 10.6 Å². The zero-order valence-electron chi connectivity index (χ0n) is 12.8. The minimum absolute atomic E-state index is 0.223. The number of rotatable bonds is 7. The number of ether oxygens (including phenoxy) is 1. The largest absolute Gasteiger partial charge is 0.377 e. The number of nitrogens with zero attached hydrogens (tertiary/aromatic N) is 2. The molecule has 21 heavy (non-hydrogen) atoms. The molecule has 2 rings (SSSR count). The van der Waals surface area contributed by atoms with Crippen LogP contribution in [0.2, 0.25) is 0 Å². The molecule has 0 aliphatic heterocycles. The lowest BCUT2D eigenvalue weighted by Gasteiger charge is -2.19. The first-order chi connectivity index (χ1) is 10.3. The Bertz CT molecular complexity index is 559. The van der Waals surface area contributed by atoms with Crippen LogP contribution in [0.3, 0.4) is 0 Å². The molecule has 1 heterocycles. The van der Waals surface area contributed by atoms with E-state index in [-0.39, 0.29) is 6.04 Å². The fourth-order valence-corrected chi connectivity index (χ4v) is 2.18. The van der Waals surface area contributed by atoms with Gasteiger partial charge in [0.1, 0.15) is 18.2 Å². The quantitative estimate of drug-likeness (QED) is 0.818. The first-order valence-corrected chi connectivity index (χ1v) is 7.13. The van der Waals surface area contributed by atoms with Gasteiger partial charge < -0.3 is 15.4 Å². The molecule has 0 amide bonds. The van der Waals surface area contributed by atoms with E-state index < -0.39 is 0 Å². The van der Waals surface area contributed by atoms with Crippen molar-refractivity contribution >= 4 is 11.6 Å². The van der Waals surface area contributed by atoms with Crippen LogP contribution in [0.15, 0.2) is 36.4 Å². The highest BCUT2D eigenvalue weighted by molar-refractivity contribution is 5.48. The summed E-state index contributed by atoms with van der Waals surface area (Å²) in [5.74, 6) is 2.24. The van der Waals surface area contributed by atoms with Gasteiger partial charge in [0.2, 0.25) is 0 Å². The van der Waals surface area contributed by atoms with Gasteiger partial charge in [-0.15, -0.1) is 0 Å². The van der Waals surface area contributed by atoms with Crippen LogP contribution in [0.4, 0.5) is 11.6 Å². The molecule has 1 aromatic heterocycles. The van der Waals surface area contributed by atoms with Crippen LogP contribution in [0, 0.1) is 0 Å². The third-order valence-electron chi connectivity index (χ3n) is 3.23. The molecule has 0 saturated carbocycles. The van der Waals surface area contributed by atoms with Gasteiger partial charge in [0, 0.05) is 20.2 Å². The number of methoxy groups -OCH3 is 1. The Morgan fingerprint density at radius 1 is 1.14 bits per heavy atom. The summed E-state index contributed by atoms with van der Waals surface area (Å²) in [4.78, 5) is 8.86. The zero-order valence-corrected chi connectivity index (χ0v) is 12.8. The standard InChI is InChI=1S/C16H22N4O/c1-4-13(12-8-6-5-7-9-12)18-15-10-14(17-2)19-16(20-15)11-21-3/h5-10,13H,4,11H2,1-3H3,(H2,17,18,19,20). The van der Waals surface area contributed by atoms with Gasteiger partial charge in [0.05, 0.1) is 6.04 Å². The van der Waals surface area contributed by atoms with E-state index in [2.05, 4.69) is 51.8 Å². The van der Waals surface area contributed by atoms with E-state index in [9.17, 15) is 0 Å². The average molecular weight is 286 g/mol. The number of anilines is 2. The van der Waals surface area contributed by atoms with Gasteiger partial charge in [-0.25, -0.2) is 9.97 Å². The second-order valence-corrected chi connectivity index (χ2v) is 4.75. The van der Waals surface area contributed by atoms with Gasteiger partial charge in [0.25, 0.3) is 0 Å². The van der Waals surface area contributed by atoms with Crippen LogP contribution in [-0.2, 0) is 11.3 Å². The Morgan fingerprint density at radius 3 is 2.48 bits per heavy atom. The maximum absolute atomic E-state index is 5.12. The van der Waals surface area contributed by atoms with Crippen molar-refractivity contribution in [1.82, 2.24) is 9.97 Å². The lowest BCUT2D eigenvalue weighted by atomic mass is 10.0. The number of nitrogens with one attached hydrogen (secondary N) is 2. The van der Waals surface area contributed by atoms with Crippen molar-refractivity contribution in [2.24, 2.45) is 0 Å². The Morgan fingerprint density at radius 2 is 1.86 bits per heavy atom. The molecule has 1 aromatic carbocycles. The van der Waals surface area contributed by atoms with E-state index >= 15 is 0 Å². The highest BCUT2D eigenvalue weighted by atomic mass is 16.5. The molecule has 0 aliphatic rings. The Kier molecular flexibility index (Phi) is 5.51. The normalized spacial score (nSPS) is 12.0. The van der Waals surface area contributed by atoms with Crippen LogP contribution in [0.1, 0.15) is 30.8 Å². The maximum atomic E-state index is 5.12. The summed E-state index contributed by atoms with van der Waals surface area (Å²) in [5, 5.41) is 6.52. The van der Waals surface area contributed by atoms with Gasteiger partial charge in [-0.3, -0.25) is 0 Å². The molecule has 2 N–H and O–H groups in total. The summed E-state index contributed by atoms with van der Waals surface area (Å²) in [7, 11) is 3.48. The van der Waals surface area contributed by atoms with E-state index in [1.54, 1.807) is 7.11 Å². The van der Waals surface area contributed by atoms with Crippen molar-refractivity contribution in [2.75, 3.05) is 24.8 Å². The third kappa shape index (κ3) is 4.16. The van der Waals surface area contributed by atoms with Gasteiger partial charge in [-0.2, -0.15) is 0 Å². The average Bonchev–Trinajstić information content (AvgIpc) is 2.53. The molecule has 5 heteroatoms. The fraction of sp³-hybridized carbons (Fsp3) is 0.375. The second-order valence-electron chi connectivity index (χ2n) is 4.75. The minimum atomic E-state index is 0.223. The molecular weight excluding hydrogens is 264 g/mol. The van der Waals surface area contributed by atoms with Gasteiger partial charge in [-0.05, 0) is 12.0 Å². The predicted molar refractivity (Wildman–Crippen MR) is 85.4 cm³/mol. The third-order valence-corrected chi connectivity index (χ3v) is 3.23. The molecule has 1 atom stereocenters. The van der Waals surface area contributed by atoms with E-state index in [1.165, 1.54) is 5.56 Å². The van der Waals surface area contributed by atoms with Crippen LogP contribution in [-0.4, -0.2) is 24.1 Å². The molecule has 0 fully saturated rings. The number of hydrogen-bond donors (Lipinski definition) is 2. The summed E-state index contributed by atoms with van der Waals surface area (Å²) in [6, 6.07) is 12.5. The van der Waals surface area contributed by atoms with Crippen molar-refractivity contribution < 1.29 is 4.74 Å². The molecule has 0 radical (unpaired) electrons. The fourth-order valence-electron chi connectivity index (χ4n) is 2.18. The van der Waals surface area contributed by atoms with Crippen molar-refractivity contribution in [3.8, 4) is 0 Å². The summed E-state index contributed by atoms with van der Waals surface area (Å²) >= 11 is 0. The smallest absolute Gasteiger partial charge is 0.158 e. The van der Waals surface area contributed by atoms with Crippen LogP contribution >= 0.6 is 0 Å². The highest BCUT2D eigenvalue weighted by Gasteiger charge is 2.11. The number of hydrogen-bond acceptors (Lipinski definition) is 5. The molecular formula is C16H22N4O. The Balaban J connectivity index is 2.22. The van der Waals surface area contributed by atoms with E-state index in [1.807, 2.05) is 19.2 Å². The Hall–Kier alpha value is -2.14. The molecule has 0 saturated heterocycles. The van der Waals surface area contributed by atoms with Crippen LogP contribution in [0.25, 0.3) is 0 Å². The molecule has 5 nitrogen and oxygen atoms in total. The molecule has 0 spiro atoms. The molecule has 0 bridgehead atoms. The van der Waals surface area contributed by atoms with Crippen molar-refractivity contribution in [2.45, 2.75) is 26.0 Å². The van der Waals surface area contributed by atoms with Gasteiger partial charge >= 0.3 is 0 Å². The Labute approximate surface area is 125 Å². The SMILES string of the molecule is CCC(Nc1cc(NC)nc(COC)n1)c1ccccc1. The topological polar surface area (TPSA) is 59.1 Å². The maximum Gasteiger partial charge on any atom is 0.158 e. The second kappa shape index (κ2) is 7.59. The molecule has 2 aromatic rings. The van der Waals surface area contributed by atoms with E-state index in [0.29, 0.717) is 12.4 Å². The summed E-state index contributed by atoms with van der Waals surface area (Å²) < 4.78 is 5.12. The number of benzene rings is 1. The predicted octanol–water partition coefficient (Wildman–Crippen LogP) is 3.23. The lowest BCUT2D eigenvalue weighted by molar-refractivity contribution is 0.178. The monoisotopic (exact) mass is 286 g/mol. The first kappa shape index (κ1) is 15.3. The van der Waals surface area contributed by atoms with Gasteiger partial charge in [-0.1, -0.05) is 37.3 Å². The highest BCUT2D eigenvalue weighted by Crippen LogP contribution is 2.22. The first-order valence-electron chi connectivity index (χ1n) is 7.13. The molecule has 1 unspecified atom stereocenters. The lowest BCUT2D eigenvalue weighted by Crippen LogP contribution is -2.13. The van der Waals surface area contributed by atoms with Crippen LogP contribution in [0.5, 0.6) is 0 Å². The van der Waals surface area contributed by atoms with Gasteiger partial charge in [0.15, 0.2) is 5.82 Å². The molecule has 0 aliphatic carbocycles. The number of aromatic nitrogens is 2. The minimum Gasteiger partial charge on any atom is -0.377 e. The summed E-state index contributed by atoms with van der Waals surface area (Å²) in [6.07, 6.45) is 0.975. The van der Waals surface area contributed by atoms with E-state index in [4.69, 9.17) is 4.74 Å².